The monoisotopic (exact) mass is 340 g/mol. The molecule has 3 rings (SSSR count). The minimum absolute atomic E-state index is 0.0563. The van der Waals surface area contributed by atoms with Crippen LogP contribution < -0.4 is 16.4 Å². The Morgan fingerprint density at radius 1 is 1.24 bits per heavy atom. The topological polar surface area (TPSA) is 146 Å². The Morgan fingerprint density at radius 2 is 2.04 bits per heavy atom. The van der Waals surface area contributed by atoms with Crippen molar-refractivity contribution in [3.05, 3.63) is 42.2 Å². The second kappa shape index (κ2) is 6.87. The quantitative estimate of drug-likeness (QED) is 0.429. The first-order chi connectivity index (χ1) is 12.0. The molecule has 3 aromatic rings. The van der Waals surface area contributed by atoms with Crippen molar-refractivity contribution in [1.82, 2.24) is 20.3 Å². The van der Waals surface area contributed by atoms with Crippen LogP contribution in [0.25, 0.3) is 22.3 Å². The van der Waals surface area contributed by atoms with Crippen LogP contribution in [0.3, 0.4) is 0 Å². The van der Waals surface area contributed by atoms with Gasteiger partial charge >= 0.3 is 6.09 Å². The zero-order chi connectivity index (χ0) is 17.8. The number of hydrogen-bond acceptors (Lipinski definition) is 5. The maximum atomic E-state index is 11.7. The number of rotatable bonds is 6. The lowest BCUT2D eigenvalue weighted by Gasteiger charge is -2.09. The number of benzene rings is 1. The van der Waals surface area contributed by atoms with Crippen LogP contribution in [-0.2, 0) is 0 Å². The van der Waals surface area contributed by atoms with Gasteiger partial charge in [-0.05, 0) is 12.1 Å². The SMILES string of the molecule is NC(=O)c1ncc(NCCNC(=O)O)nc1-c1cc2ccccc2[nH]1. The summed E-state index contributed by atoms with van der Waals surface area (Å²) in [6, 6.07) is 9.52. The molecule has 0 radical (unpaired) electrons. The molecule has 6 N–H and O–H groups in total. The number of aromatic nitrogens is 3. The second-order valence-electron chi connectivity index (χ2n) is 5.25. The summed E-state index contributed by atoms with van der Waals surface area (Å²) < 4.78 is 0. The van der Waals surface area contributed by atoms with Crippen molar-refractivity contribution in [2.24, 2.45) is 5.73 Å². The van der Waals surface area contributed by atoms with E-state index in [4.69, 9.17) is 10.8 Å². The highest BCUT2D eigenvalue weighted by Crippen LogP contribution is 2.25. The molecule has 0 fully saturated rings. The fourth-order valence-electron chi connectivity index (χ4n) is 2.40. The summed E-state index contributed by atoms with van der Waals surface area (Å²) in [4.78, 5) is 33.8. The van der Waals surface area contributed by atoms with Crippen molar-refractivity contribution >= 4 is 28.7 Å². The van der Waals surface area contributed by atoms with Gasteiger partial charge in [0.15, 0.2) is 5.69 Å². The molecule has 9 nitrogen and oxygen atoms in total. The van der Waals surface area contributed by atoms with Gasteiger partial charge in [0, 0.05) is 24.0 Å². The van der Waals surface area contributed by atoms with Gasteiger partial charge in [-0.15, -0.1) is 0 Å². The Hall–Kier alpha value is -3.62. The Bertz CT molecular complexity index is 904. The standard InChI is InChI=1S/C16H16N6O3/c17-15(23)14-13(11-7-9-3-1-2-4-10(9)21-11)22-12(8-20-14)18-5-6-19-16(24)25/h1-4,7-8,19,21H,5-6H2,(H2,17,23)(H,18,22)(H,24,25). The fourth-order valence-corrected chi connectivity index (χ4v) is 2.40. The number of aromatic amines is 1. The number of carbonyl (C=O) groups is 2. The van der Waals surface area contributed by atoms with E-state index in [2.05, 4.69) is 25.6 Å². The average Bonchev–Trinajstić information content (AvgIpc) is 3.02. The molecular weight excluding hydrogens is 324 g/mol. The van der Waals surface area contributed by atoms with Crippen molar-refractivity contribution in [2.75, 3.05) is 18.4 Å². The van der Waals surface area contributed by atoms with Gasteiger partial charge in [0.05, 0.1) is 11.9 Å². The predicted octanol–water partition coefficient (Wildman–Crippen LogP) is 1.40. The summed E-state index contributed by atoms with van der Waals surface area (Å²) in [6.07, 6.45) is 0.281. The molecule has 0 aliphatic heterocycles. The van der Waals surface area contributed by atoms with Crippen LogP contribution >= 0.6 is 0 Å². The van der Waals surface area contributed by atoms with E-state index < -0.39 is 12.0 Å². The first-order valence-corrected chi connectivity index (χ1v) is 7.50. The van der Waals surface area contributed by atoms with Crippen LogP contribution in [0.15, 0.2) is 36.5 Å². The fraction of sp³-hybridized carbons (Fsp3) is 0.125. The van der Waals surface area contributed by atoms with E-state index in [0.29, 0.717) is 23.8 Å². The number of nitrogens with two attached hydrogens (primary N) is 1. The summed E-state index contributed by atoms with van der Waals surface area (Å²) in [7, 11) is 0. The van der Waals surface area contributed by atoms with E-state index in [1.165, 1.54) is 6.20 Å². The molecule has 0 saturated carbocycles. The smallest absolute Gasteiger partial charge is 0.404 e. The number of nitrogens with zero attached hydrogens (tertiary/aromatic N) is 2. The molecule has 25 heavy (non-hydrogen) atoms. The lowest BCUT2D eigenvalue weighted by Crippen LogP contribution is -2.27. The normalized spacial score (nSPS) is 10.6. The first-order valence-electron chi connectivity index (χ1n) is 7.50. The number of para-hydroxylation sites is 1. The Morgan fingerprint density at radius 3 is 2.76 bits per heavy atom. The first kappa shape index (κ1) is 16.2. The minimum atomic E-state index is -1.10. The Balaban J connectivity index is 1.91. The molecule has 0 bridgehead atoms. The molecular formula is C16H16N6O3. The van der Waals surface area contributed by atoms with Crippen LogP contribution in [0, 0.1) is 0 Å². The molecule has 0 aliphatic carbocycles. The number of H-pyrrole nitrogens is 1. The molecule has 2 heterocycles. The number of anilines is 1. The van der Waals surface area contributed by atoms with Crippen LogP contribution in [0.5, 0.6) is 0 Å². The molecule has 0 aliphatic rings. The van der Waals surface area contributed by atoms with E-state index in [-0.39, 0.29) is 12.2 Å². The summed E-state index contributed by atoms with van der Waals surface area (Å²) in [5.74, 6) is -0.272. The van der Waals surface area contributed by atoms with Crippen LogP contribution in [0.4, 0.5) is 10.6 Å². The highest BCUT2D eigenvalue weighted by Gasteiger charge is 2.16. The highest BCUT2D eigenvalue weighted by atomic mass is 16.4. The Kier molecular flexibility index (Phi) is 4.46. The third-order valence-electron chi connectivity index (χ3n) is 3.50. The summed E-state index contributed by atoms with van der Waals surface area (Å²) in [6.45, 7) is 0.527. The Labute approximate surface area is 142 Å². The van der Waals surface area contributed by atoms with Gasteiger partial charge in [-0.1, -0.05) is 18.2 Å². The van der Waals surface area contributed by atoms with Gasteiger partial charge in [0.1, 0.15) is 11.5 Å². The maximum absolute atomic E-state index is 11.7. The lowest BCUT2D eigenvalue weighted by molar-refractivity contribution is 0.0996. The van der Waals surface area contributed by atoms with Crippen LogP contribution in [0.1, 0.15) is 10.5 Å². The molecule has 128 valence electrons. The number of primary amides is 1. The van der Waals surface area contributed by atoms with Crippen LogP contribution in [0.2, 0.25) is 0 Å². The third kappa shape index (κ3) is 3.66. The van der Waals surface area contributed by atoms with Crippen molar-refractivity contribution in [3.63, 3.8) is 0 Å². The largest absolute Gasteiger partial charge is 0.465 e. The molecule has 0 atom stereocenters. The van der Waals surface area contributed by atoms with Gasteiger partial charge in [-0.25, -0.2) is 14.8 Å². The number of amides is 2. The minimum Gasteiger partial charge on any atom is -0.465 e. The number of carboxylic acid groups (broad SMARTS) is 1. The van der Waals surface area contributed by atoms with Gasteiger partial charge < -0.3 is 26.5 Å². The number of carbonyl (C=O) groups excluding carboxylic acids is 1. The molecule has 0 saturated heterocycles. The van der Waals surface area contributed by atoms with Gasteiger partial charge in [0.2, 0.25) is 0 Å². The number of fused-ring (bicyclic) bond motifs is 1. The van der Waals surface area contributed by atoms with E-state index in [1.54, 1.807) is 0 Å². The lowest BCUT2D eigenvalue weighted by atomic mass is 10.2. The zero-order valence-corrected chi connectivity index (χ0v) is 13.1. The third-order valence-corrected chi connectivity index (χ3v) is 3.50. The molecule has 2 aromatic heterocycles. The van der Waals surface area contributed by atoms with Crippen molar-refractivity contribution in [2.45, 2.75) is 0 Å². The summed E-state index contributed by atoms with van der Waals surface area (Å²) in [5.41, 5.74) is 7.31. The average molecular weight is 340 g/mol. The van der Waals surface area contributed by atoms with Gasteiger partial charge in [-0.3, -0.25) is 4.79 Å². The van der Waals surface area contributed by atoms with Crippen molar-refractivity contribution in [1.29, 1.82) is 0 Å². The second-order valence-corrected chi connectivity index (χ2v) is 5.25. The summed E-state index contributed by atoms with van der Waals surface area (Å²) >= 11 is 0. The van der Waals surface area contributed by atoms with Gasteiger partial charge in [-0.2, -0.15) is 0 Å². The molecule has 1 aromatic carbocycles. The maximum Gasteiger partial charge on any atom is 0.404 e. The van der Waals surface area contributed by atoms with Crippen molar-refractivity contribution < 1.29 is 14.7 Å². The predicted molar refractivity (Wildman–Crippen MR) is 92.4 cm³/mol. The number of nitrogens with one attached hydrogen (secondary N) is 3. The number of hydrogen-bond donors (Lipinski definition) is 5. The van der Waals surface area contributed by atoms with E-state index >= 15 is 0 Å². The van der Waals surface area contributed by atoms with E-state index in [0.717, 1.165) is 10.9 Å². The van der Waals surface area contributed by atoms with Crippen LogP contribution in [-0.4, -0.2) is 45.1 Å². The summed E-state index contributed by atoms with van der Waals surface area (Å²) in [5, 5.41) is 14.7. The molecule has 0 unspecified atom stereocenters. The van der Waals surface area contributed by atoms with E-state index in [9.17, 15) is 9.59 Å². The highest BCUT2D eigenvalue weighted by molar-refractivity contribution is 5.98. The molecule has 0 spiro atoms. The van der Waals surface area contributed by atoms with E-state index in [1.807, 2.05) is 30.3 Å². The van der Waals surface area contributed by atoms with Crippen molar-refractivity contribution in [3.8, 4) is 11.4 Å². The zero-order valence-electron chi connectivity index (χ0n) is 13.1. The molecule has 2 amide bonds. The van der Waals surface area contributed by atoms with Gasteiger partial charge in [0.25, 0.3) is 5.91 Å². The molecule has 9 heteroatoms.